The van der Waals surface area contributed by atoms with Crippen LogP contribution in [0.5, 0.6) is 0 Å². The van der Waals surface area contributed by atoms with E-state index < -0.39 is 0 Å². The van der Waals surface area contributed by atoms with Crippen molar-refractivity contribution in [1.82, 2.24) is 9.80 Å². The number of likely N-dealkylation sites (N-methyl/N-ethyl adjacent to an activating group) is 1. The van der Waals surface area contributed by atoms with Crippen molar-refractivity contribution in [3.8, 4) is 0 Å². The summed E-state index contributed by atoms with van der Waals surface area (Å²) < 4.78 is 5.35. The number of carbonyl (C=O) groups excluding carboxylic acids is 1. The van der Waals surface area contributed by atoms with Crippen molar-refractivity contribution >= 4 is 6.09 Å². The fourth-order valence-corrected chi connectivity index (χ4v) is 2.66. The molecule has 1 atom stereocenters. The summed E-state index contributed by atoms with van der Waals surface area (Å²) in [6, 6.07) is 9.71. The highest BCUT2D eigenvalue weighted by atomic mass is 16.6. The molecular weight excluding hydrogens is 268 g/mol. The Morgan fingerprint density at radius 3 is 2.90 bits per heavy atom. The SMILES string of the molecule is CN(CCO)C[C@@H]1CCN(C(=O)OCc2ccccc2)C1. The number of aliphatic hydroxyl groups is 1. The lowest BCUT2D eigenvalue weighted by Gasteiger charge is -2.20. The van der Waals surface area contributed by atoms with Crippen LogP contribution in [0.25, 0.3) is 0 Å². The van der Waals surface area contributed by atoms with Crippen molar-refractivity contribution in [3.63, 3.8) is 0 Å². The molecule has 21 heavy (non-hydrogen) atoms. The molecule has 1 aliphatic rings. The maximum absolute atomic E-state index is 12.0. The van der Waals surface area contributed by atoms with Crippen molar-refractivity contribution in [2.45, 2.75) is 13.0 Å². The first-order chi connectivity index (χ1) is 10.2. The van der Waals surface area contributed by atoms with Crippen molar-refractivity contribution in [1.29, 1.82) is 0 Å². The molecule has 1 aromatic rings. The van der Waals surface area contributed by atoms with Crippen LogP contribution < -0.4 is 0 Å². The van der Waals surface area contributed by atoms with E-state index in [1.807, 2.05) is 37.4 Å². The van der Waals surface area contributed by atoms with Crippen LogP contribution in [0, 0.1) is 5.92 Å². The van der Waals surface area contributed by atoms with Crippen LogP contribution in [0.4, 0.5) is 4.79 Å². The van der Waals surface area contributed by atoms with E-state index in [-0.39, 0.29) is 12.7 Å². The molecule has 0 bridgehead atoms. The molecule has 1 fully saturated rings. The first kappa shape index (κ1) is 15.8. The van der Waals surface area contributed by atoms with Crippen LogP contribution in [0.2, 0.25) is 0 Å². The number of rotatable bonds is 6. The zero-order valence-corrected chi connectivity index (χ0v) is 12.6. The molecular formula is C16H24N2O3. The van der Waals surface area contributed by atoms with Crippen LogP contribution in [-0.2, 0) is 11.3 Å². The maximum Gasteiger partial charge on any atom is 0.410 e. The van der Waals surface area contributed by atoms with Gasteiger partial charge in [-0.1, -0.05) is 30.3 Å². The van der Waals surface area contributed by atoms with Gasteiger partial charge in [0, 0.05) is 26.2 Å². The maximum atomic E-state index is 12.0. The fraction of sp³-hybridized carbons (Fsp3) is 0.562. The summed E-state index contributed by atoms with van der Waals surface area (Å²) in [6.07, 6.45) is 0.766. The molecule has 116 valence electrons. The molecule has 1 heterocycles. The molecule has 1 aromatic carbocycles. The normalized spacial score (nSPS) is 18.2. The average Bonchev–Trinajstić information content (AvgIpc) is 2.94. The van der Waals surface area contributed by atoms with Gasteiger partial charge in [0.2, 0.25) is 0 Å². The van der Waals surface area contributed by atoms with E-state index in [1.165, 1.54) is 0 Å². The van der Waals surface area contributed by atoms with E-state index in [0.29, 0.717) is 19.1 Å². The molecule has 5 nitrogen and oxygen atoms in total. The van der Waals surface area contributed by atoms with Crippen molar-refractivity contribution in [2.24, 2.45) is 5.92 Å². The van der Waals surface area contributed by atoms with Gasteiger partial charge in [-0.15, -0.1) is 0 Å². The van der Waals surface area contributed by atoms with Gasteiger partial charge in [-0.05, 0) is 24.9 Å². The van der Waals surface area contributed by atoms with E-state index in [9.17, 15) is 4.79 Å². The molecule has 1 N–H and O–H groups in total. The molecule has 0 spiro atoms. The summed E-state index contributed by atoms with van der Waals surface area (Å²) in [6.45, 7) is 3.57. The third-order valence-corrected chi connectivity index (χ3v) is 3.80. The third-order valence-electron chi connectivity index (χ3n) is 3.80. The van der Waals surface area contributed by atoms with Gasteiger partial charge in [-0.3, -0.25) is 0 Å². The smallest absolute Gasteiger partial charge is 0.410 e. The van der Waals surface area contributed by atoms with Crippen LogP contribution in [0.1, 0.15) is 12.0 Å². The van der Waals surface area contributed by atoms with Crippen LogP contribution in [0.3, 0.4) is 0 Å². The minimum absolute atomic E-state index is 0.173. The van der Waals surface area contributed by atoms with Crippen LogP contribution in [0.15, 0.2) is 30.3 Å². The van der Waals surface area contributed by atoms with Gasteiger partial charge in [0.05, 0.1) is 6.61 Å². The zero-order chi connectivity index (χ0) is 15.1. The van der Waals surface area contributed by atoms with E-state index in [2.05, 4.69) is 4.90 Å². The van der Waals surface area contributed by atoms with E-state index in [1.54, 1.807) is 4.90 Å². The van der Waals surface area contributed by atoms with Crippen LogP contribution >= 0.6 is 0 Å². The molecule has 2 rings (SSSR count). The Morgan fingerprint density at radius 2 is 2.19 bits per heavy atom. The molecule has 0 radical (unpaired) electrons. The number of benzene rings is 1. The highest BCUT2D eigenvalue weighted by molar-refractivity contribution is 5.68. The molecule has 5 heteroatoms. The number of carbonyl (C=O) groups is 1. The minimum atomic E-state index is -0.230. The number of amides is 1. The molecule has 0 unspecified atom stereocenters. The van der Waals surface area contributed by atoms with Gasteiger partial charge in [0.15, 0.2) is 0 Å². The lowest BCUT2D eigenvalue weighted by molar-refractivity contribution is 0.102. The Balaban J connectivity index is 1.72. The number of likely N-dealkylation sites (tertiary alicyclic amines) is 1. The second kappa shape index (κ2) is 8.00. The molecule has 1 saturated heterocycles. The summed E-state index contributed by atoms with van der Waals surface area (Å²) in [5, 5.41) is 8.90. The largest absolute Gasteiger partial charge is 0.445 e. The summed E-state index contributed by atoms with van der Waals surface area (Å²) >= 11 is 0. The first-order valence-electron chi connectivity index (χ1n) is 7.44. The standard InChI is InChI=1S/C16H24N2O3/c1-17(9-10-19)11-15-7-8-18(12-15)16(20)21-13-14-5-3-2-4-6-14/h2-6,15,19H,7-13H2,1H3/t15-/m0/s1. The number of ether oxygens (including phenoxy) is 1. The first-order valence-corrected chi connectivity index (χ1v) is 7.44. The Hall–Kier alpha value is -1.59. The lowest BCUT2D eigenvalue weighted by Crippen LogP contribution is -2.32. The van der Waals surface area contributed by atoms with Crippen molar-refractivity contribution < 1.29 is 14.6 Å². The van der Waals surface area contributed by atoms with Gasteiger partial charge < -0.3 is 19.6 Å². The number of aliphatic hydroxyl groups excluding tert-OH is 1. The number of hydrogen-bond donors (Lipinski definition) is 1. The molecule has 1 aliphatic heterocycles. The fourth-order valence-electron chi connectivity index (χ4n) is 2.66. The second-order valence-corrected chi connectivity index (χ2v) is 5.63. The van der Waals surface area contributed by atoms with Gasteiger partial charge in [0.1, 0.15) is 6.61 Å². The van der Waals surface area contributed by atoms with Gasteiger partial charge in [-0.25, -0.2) is 4.79 Å². The third kappa shape index (κ3) is 5.02. The quantitative estimate of drug-likeness (QED) is 0.865. The average molecular weight is 292 g/mol. The molecule has 0 aliphatic carbocycles. The number of hydrogen-bond acceptors (Lipinski definition) is 4. The Bertz CT molecular complexity index is 438. The molecule has 1 amide bonds. The molecule has 0 saturated carbocycles. The van der Waals surface area contributed by atoms with E-state index in [4.69, 9.17) is 9.84 Å². The molecule has 0 aromatic heterocycles. The predicted molar refractivity (Wildman–Crippen MR) is 80.9 cm³/mol. The lowest BCUT2D eigenvalue weighted by atomic mass is 10.1. The van der Waals surface area contributed by atoms with E-state index in [0.717, 1.165) is 31.6 Å². The Morgan fingerprint density at radius 1 is 1.43 bits per heavy atom. The Kier molecular flexibility index (Phi) is 6.02. The van der Waals surface area contributed by atoms with Gasteiger partial charge in [-0.2, -0.15) is 0 Å². The minimum Gasteiger partial charge on any atom is -0.445 e. The predicted octanol–water partition coefficient (Wildman–Crippen LogP) is 1.57. The monoisotopic (exact) mass is 292 g/mol. The second-order valence-electron chi connectivity index (χ2n) is 5.63. The van der Waals surface area contributed by atoms with Gasteiger partial charge in [0.25, 0.3) is 0 Å². The summed E-state index contributed by atoms with van der Waals surface area (Å²) in [5.41, 5.74) is 1.00. The zero-order valence-electron chi connectivity index (χ0n) is 12.6. The summed E-state index contributed by atoms with van der Waals surface area (Å²) in [7, 11) is 1.99. The van der Waals surface area contributed by atoms with Crippen molar-refractivity contribution in [3.05, 3.63) is 35.9 Å². The highest BCUT2D eigenvalue weighted by Crippen LogP contribution is 2.18. The van der Waals surface area contributed by atoms with E-state index >= 15 is 0 Å². The topological polar surface area (TPSA) is 53.0 Å². The summed E-state index contributed by atoms with van der Waals surface area (Å²) in [4.78, 5) is 15.9. The van der Waals surface area contributed by atoms with Gasteiger partial charge >= 0.3 is 6.09 Å². The Labute approximate surface area is 126 Å². The summed E-state index contributed by atoms with van der Waals surface area (Å²) in [5.74, 6) is 0.464. The van der Waals surface area contributed by atoms with Crippen LogP contribution in [-0.4, -0.2) is 60.8 Å². The highest BCUT2D eigenvalue weighted by Gasteiger charge is 2.27. The van der Waals surface area contributed by atoms with Crippen molar-refractivity contribution in [2.75, 3.05) is 39.8 Å². The number of nitrogens with zero attached hydrogens (tertiary/aromatic N) is 2.